The first-order chi connectivity index (χ1) is 10.2. The number of fused-ring (bicyclic) bond motifs is 2. The molecule has 2 N–H and O–H groups in total. The van der Waals surface area contributed by atoms with Crippen LogP contribution in [-0.4, -0.2) is 5.91 Å². The Hall–Kier alpha value is -2.36. The summed E-state index contributed by atoms with van der Waals surface area (Å²) in [7, 11) is 0. The molecule has 0 spiro atoms. The topological polar surface area (TPSA) is 41.1 Å². The Balaban J connectivity index is 1.64. The van der Waals surface area contributed by atoms with Crippen molar-refractivity contribution in [1.29, 1.82) is 0 Å². The largest absolute Gasteiger partial charge is 0.370 e. The van der Waals surface area contributed by atoms with Gasteiger partial charge >= 0.3 is 0 Å². The second-order valence-electron chi connectivity index (χ2n) is 5.64. The quantitative estimate of drug-likeness (QED) is 0.886. The van der Waals surface area contributed by atoms with Gasteiger partial charge in [-0.25, -0.2) is 4.39 Å². The van der Waals surface area contributed by atoms with Crippen LogP contribution < -0.4 is 10.6 Å². The van der Waals surface area contributed by atoms with Crippen LogP contribution >= 0.6 is 0 Å². The molecule has 2 aliphatic rings. The molecule has 1 amide bonds. The molecule has 106 valence electrons. The summed E-state index contributed by atoms with van der Waals surface area (Å²) in [5.74, 6) is -0.483. The zero-order chi connectivity index (χ0) is 14.4. The number of anilines is 2. The maximum absolute atomic E-state index is 13.2. The van der Waals surface area contributed by atoms with E-state index >= 15 is 0 Å². The molecule has 0 bridgehead atoms. The van der Waals surface area contributed by atoms with Gasteiger partial charge in [0.25, 0.3) is 5.91 Å². The van der Waals surface area contributed by atoms with E-state index in [1.54, 1.807) is 6.07 Å². The van der Waals surface area contributed by atoms with Crippen molar-refractivity contribution in [1.82, 2.24) is 0 Å². The van der Waals surface area contributed by atoms with Crippen molar-refractivity contribution >= 4 is 17.3 Å². The highest BCUT2D eigenvalue weighted by Gasteiger charge is 2.30. The monoisotopic (exact) mass is 282 g/mol. The zero-order valence-corrected chi connectivity index (χ0v) is 11.4. The third-order valence-electron chi connectivity index (χ3n) is 4.26. The molecule has 0 fully saturated rings. The second-order valence-corrected chi connectivity index (χ2v) is 5.64. The van der Waals surface area contributed by atoms with E-state index in [-0.39, 0.29) is 11.7 Å². The fraction of sp³-hybridized carbons (Fsp3) is 0.235. The van der Waals surface area contributed by atoms with E-state index < -0.39 is 6.04 Å². The van der Waals surface area contributed by atoms with Crippen LogP contribution in [0.15, 0.2) is 36.4 Å². The van der Waals surface area contributed by atoms with Gasteiger partial charge in [0.1, 0.15) is 11.9 Å². The Bertz CT molecular complexity index is 742. The number of carbonyl (C=O) groups excluding carboxylic acids is 1. The van der Waals surface area contributed by atoms with E-state index in [2.05, 4.69) is 22.8 Å². The fourth-order valence-electron chi connectivity index (χ4n) is 3.21. The molecule has 1 aliphatic carbocycles. The number of halogens is 1. The summed E-state index contributed by atoms with van der Waals surface area (Å²) in [4.78, 5) is 12.1. The van der Waals surface area contributed by atoms with Gasteiger partial charge in [-0.15, -0.1) is 0 Å². The van der Waals surface area contributed by atoms with Crippen LogP contribution in [0.2, 0.25) is 0 Å². The Labute approximate surface area is 122 Å². The van der Waals surface area contributed by atoms with Crippen LogP contribution in [0.5, 0.6) is 0 Å². The Kier molecular flexibility index (Phi) is 2.70. The smallest absolute Gasteiger partial charge is 0.251 e. The van der Waals surface area contributed by atoms with Gasteiger partial charge in [-0.1, -0.05) is 12.1 Å². The number of aryl methyl sites for hydroxylation is 2. The van der Waals surface area contributed by atoms with E-state index in [0.717, 1.165) is 24.1 Å². The maximum Gasteiger partial charge on any atom is 0.251 e. The van der Waals surface area contributed by atoms with Gasteiger partial charge in [-0.05, 0) is 54.7 Å². The number of nitrogens with one attached hydrogen (secondary N) is 2. The van der Waals surface area contributed by atoms with Crippen molar-refractivity contribution in [2.45, 2.75) is 25.3 Å². The van der Waals surface area contributed by atoms with Gasteiger partial charge < -0.3 is 10.6 Å². The summed E-state index contributed by atoms with van der Waals surface area (Å²) >= 11 is 0. The minimum Gasteiger partial charge on any atom is -0.370 e. The standard InChI is InChI=1S/C17H15FN2O/c18-12-5-7-14-15(9-12)20-17(21)16(14)19-13-6-4-10-2-1-3-11(10)8-13/h4-9,16,19H,1-3H2,(H,20,21). The Morgan fingerprint density at radius 2 is 1.95 bits per heavy atom. The van der Waals surface area contributed by atoms with Crippen LogP contribution in [0, 0.1) is 5.82 Å². The van der Waals surface area contributed by atoms with Crippen molar-refractivity contribution in [3.63, 3.8) is 0 Å². The summed E-state index contributed by atoms with van der Waals surface area (Å²) in [6.07, 6.45) is 3.44. The van der Waals surface area contributed by atoms with Crippen molar-refractivity contribution in [2.75, 3.05) is 10.6 Å². The van der Waals surface area contributed by atoms with Gasteiger partial charge in [0.2, 0.25) is 0 Å². The van der Waals surface area contributed by atoms with Crippen LogP contribution in [0.25, 0.3) is 0 Å². The summed E-state index contributed by atoms with van der Waals surface area (Å²) in [5, 5.41) is 5.98. The van der Waals surface area contributed by atoms with Crippen LogP contribution in [-0.2, 0) is 17.6 Å². The SMILES string of the molecule is O=C1Nc2cc(F)ccc2C1Nc1ccc2c(c1)CCC2. The average Bonchev–Trinajstić information content (AvgIpc) is 3.03. The molecule has 4 heteroatoms. The second kappa shape index (κ2) is 4.58. The molecule has 2 aromatic carbocycles. The lowest BCUT2D eigenvalue weighted by Crippen LogP contribution is -2.19. The normalized spacial score (nSPS) is 19.1. The van der Waals surface area contributed by atoms with Gasteiger partial charge in [0.15, 0.2) is 0 Å². The Morgan fingerprint density at radius 3 is 2.86 bits per heavy atom. The van der Waals surface area contributed by atoms with E-state index in [4.69, 9.17) is 0 Å². The van der Waals surface area contributed by atoms with E-state index in [9.17, 15) is 9.18 Å². The first-order valence-corrected chi connectivity index (χ1v) is 7.19. The minimum atomic E-state index is -0.458. The fourth-order valence-corrected chi connectivity index (χ4v) is 3.21. The molecule has 0 aromatic heterocycles. The molecule has 1 heterocycles. The van der Waals surface area contributed by atoms with Gasteiger partial charge in [0, 0.05) is 16.9 Å². The summed E-state index contributed by atoms with van der Waals surface area (Å²) in [6.45, 7) is 0. The van der Waals surface area contributed by atoms with Crippen LogP contribution in [0.4, 0.5) is 15.8 Å². The number of rotatable bonds is 2. The molecular formula is C17H15FN2O. The number of benzene rings is 2. The molecular weight excluding hydrogens is 267 g/mol. The molecule has 2 aromatic rings. The minimum absolute atomic E-state index is 0.143. The predicted octanol–water partition coefficient (Wildman–Crippen LogP) is 3.42. The molecule has 0 saturated heterocycles. The van der Waals surface area contributed by atoms with Crippen LogP contribution in [0.3, 0.4) is 0 Å². The van der Waals surface area contributed by atoms with Crippen molar-refractivity contribution in [3.05, 3.63) is 58.9 Å². The highest BCUT2D eigenvalue weighted by atomic mass is 19.1. The molecule has 1 atom stereocenters. The highest BCUT2D eigenvalue weighted by molar-refractivity contribution is 6.04. The molecule has 21 heavy (non-hydrogen) atoms. The lowest BCUT2D eigenvalue weighted by molar-refractivity contribution is -0.116. The van der Waals surface area contributed by atoms with Gasteiger partial charge in [-0.2, -0.15) is 0 Å². The number of hydrogen-bond donors (Lipinski definition) is 2. The predicted molar refractivity (Wildman–Crippen MR) is 79.9 cm³/mol. The molecule has 4 rings (SSSR count). The van der Waals surface area contributed by atoms with Crippen molar-refractivity contribution in [2.24, 2.45) is 0 Å². The first kappa shape index (κ1) is 12.4. The highest BCUT2D eigenvalue weighted by Crippen LogP contribution is 2.34. The van der Waals surface area contributed by atoms with E-state index in [0.29, 0.717) is 5.69 Å². The number of carbonyl (C=O) groups is 1. The van der Waals surface area contributed by atoms with Crippen molar-refractivity contribution < 1.29 is 9.18 Å². The number of hydrogen-bond acceptors (Lipinski definition) is 2. The van der Waals surface area contributed by atoms with Gasteiger partial charge in [0.05, 0.1) is 0 Å². The molecule has 1 aliphatic heterocycles. The van der Waals surface area contributed by atoms with Crippen LogP contribution in [0.1, 0.15) is 29.2 Å². The van der Waals surface area contributed by atoms with Gasteiger partial charge in [-0.3, -0.25) is 4.79 Å². The summed E-state index contributed by atoms with van der Waals surface area (Å²) < 4.78 is 13.2. The zero-order valence-electron chi connectivity index (χ0n) is 11.4. The molecule has 1 unspecified atom stereocenters. The van der Waals surface area contributed by atoms with E-state index in [1.165, 1.54) is 29.7 Å². The third kappa shape index (κ3) is 2.07. The van der Waals surface area contributed by atoms with Crippen molar-refractivity contribution in [3.8, 4) is 0 Å². The summed E-state index contributed by atoms with van der Waals surface area (Å²) in [5.41, 5.74) is 5.05. The molecule has 0 radical (unpaired) electrons. The van der Waals surface area contributed by atoms with E-state index in [1.807, 2.05) is 6.07 Å². The first-order valence-electron chi connectivity index (χ1n) is 7.19. The Morgan fingerprint density at radius 1 is 1.10 bits per heavy atom. The number of amides is 1. The maximum atomic E-state index is 13.2. The summed E-state index contributed by atoms with van der Waals surface area (Å²) in [6, 6.07) is 10.2. The third-order valence-corrected chi connectivity index (χ3v) is 4.26. The molecule has 0 saturated carbocycles. The average molecular weight is 282 g/mol. The lowest BCUT2D eigenvalue weighted by atomic mass is 10.1. The lowest BCUT2D eigenvalue weighted by Gasteiger charge is -2.14. The molecule has 3 nitrogen and oxygen atoms in total.